The van der Waals surface area contributed by atoms with Crippen LogP contribution in [0.3, 0.4) is 0 Å². The summed E-state index contributed by atoms with van der Waals surface area (Å²) in [4.78, 5) is 13.9. The first-order chi connectivity index (χ1) is 11.2. The third-order valence-corrected chi connectivity index (χ3v) is 3.29. The maximum absolute atomic E-state index is 12.3. The molecule has 0 atom stereocenters. The Morgan fingerprint density at radius 2 is 2.21 bits per heavy atom. The number of amides is 1. The maximum Gasteiger partial charge on any atom is 0.414 e. The van der Waals surface area contributed by atoms with Crippen molar-refractivity contribution in [2.24, 2.45) is 10.8 Å². The van der Waals surface area contributed by atoms with Crippen LogP contribution >= 0.6 is 0 Å². The normalized spacial score (nSPS) is 13.9. The van der Waals surface area contributed by atoms with Crippen LogP contribution in [0.25, 0.3) is 0 Å². The average molecular weight is 328 g/mol. The number of nitriles is 1. The number of carbonyl (C=O) groups is 1. The summed E-state index contributed by atoms with van der Waals surface area (Å²) in [5.74, 6) is -0.409. The van der Waals surface area contributed by atoms with Crippen molar-refractivity contribution in [1.82, 2.24) is 0 Å². The number of carbonyl (C=O) groups excluding carboxylic acids is 1. The molecule has 0 radical (unpaired) electrons. The van der Waals surface area contributed by atoms with E-state index in [1.807, 2.05) is 26.8 Å². The van der Waals surface area contributed by atoms with Crippen molar-refractivity contribution in [2.45, 2.75) is 32.8 Å². The molecule has 0 bridgehead atoms. The van der Waals surface area contributed by atoms with E-state index in [4.69, 9.17) is 21.1 Å². The Labute approximate surface area is 140 Å². The minimum absolute atomic E-state index is 0.199. The molecule has 0 aromatic heterocycles. The molecule has 0 aliphatic carbocycles. The fourth-order valence-corrected chi connectivity index (χ4v) is 2.31. The van der Waals surface area contributed by atoms with E-state index >= 15 is 0 Å². The molecule has 1 heterocycles. The van der Waals surface area contributed by atoms with Gasteiger partial charge in [0.1, 0.15) is 11.7 Å². The second-order valence-electron chi connectivity index (χ2n) is 6.28. The molecule has 0 unspecified atom stereocenters. The molecule has 1 amide bonds. The Bertz CT molecular complexity index is 742. The smallest absolute Gasteiger partial charge is 0.414 e. The first-order valence-corrected chi connectivity index (χ1v) is 7.43. The Morgan fingerprint density at radius 1 is 1.50 bits per heavy atom. The van der Waals surface area contributed by atoms with Gasteiger partial charge in [-0.2, -0.15) is 10.4 Å². The van der Waals surface area contributed by atoms with E-state index in [0.29, 0.717) is 18.7 Å². The zero-order valence-corrected chi connectivity index (χ0v) is 13.9. The van der Waals surface area contributed by atoms with Gasteiger partial charge >= 0.3 is 6.09 Å². The number of rotatable bonds is 3. The second kappa shape index (κ2) is 6.58. The van der Waals surface area contributed by atoms with Crippen molar-refractivity contribution in [3.8, 4) is 6.07 Å². The van der Waals surface area contributed by atoms with Crippen LogP contribution in [0.1, 0.15) is 26.3 Å². The van der Waals surface area contributed by atoms with E-state index in [9.17, 15) is 4.79 Å². The number of hydrazone groups is 1. The fourth-order valence-electron chi connectivity index (χ4n) is 2.31. The lowest BCUT2D eigenvalue weighted by atomic mass is 10.1. The zero-order valence-electron chi connectivity index (χ0n) is 13.9. The van der Waals surface area contributed by atoms with Crippen molar-refractivity contribution in [3.63, 3.8) is 0 Å². The van der Waals surface area contributed by atoms with Crippen LogP contribution < -0.4 is 16.1 Å². The highest BCUT2D eigenvalue weighted by Crippen LogP contribution is 2.34. The Morgan fingerprint density at radius 3 is 2.79 bits per heavy atom. The number of nitrogens with zero attached hydrogens (tertiary/aromatic N) is 3. The van der Waals surface area contributed by atoms with Gasteiger partial charge in [-0.25, -0.2) is 4.79 Å². The molecule has 8 nitrogen and oxygen atoms in total. The van der Waals surface area contributed by atoms with Gasteiger partial charge < -0.3 is 10.5 Å². The monoisotopic (exact) mass is 328 g/mol. The Kier molecular flexibility index (Phi) is 4.74. The summed E-state index contributed by atoms with van der Waals surface area (Å²) in [5, 5.41) is 20.0. The highest BCUT2D eigenvalue weighted by atomic mass is 16.6. The van der Waals surface area contributed by atoms with Gasteiger partial charge in [0.15, 0.2) is 5.84 Å². The molecule has 1 aliphatic heterocycles. The number of benzene rings is 1. The van der Waals surface area contributed by atoms with Crippen molar-refractivity contribution < 1.29 is 9.53 Å². The highest BCUT2D eigenvalue weighted by molar-refractivity contribution is 6.45. The molecule has 1 aliphatic rings. The summed E-state index contributed by atoms with van der Waals surface area (Å²) < 4.78 is 5.42. The Hall–Kier alpha value is -3.08. The van der Waals surface area contributed by atoms with Gasteiger partial charge in [0, 0.05) is 12.1 Å². The van der Waals surface area contributed by atoms with Gasteiger partial charge in [-0.1, -0.05) is 6.07 Å². The van der Waals surface area contributed by atoms with Gasteiger partial charge in [-0.05, 0) is 39.3 Å². The molecule has 126 valence electrons. The molecule has 0 saturated heterocycles. The summed E-state index contributed by atoms with van der Waals surface area (Å²) in [6, 6.07) is 7.14. The maximum atomic E-state index is 12.3. The number of hydrogen-bond acceptors (Lipinski definition) is 6. The molecule has 4 N–H and O–H groups in total. The first-order valence-electron chi connectivity index (χ1n) is 7.43. The molecule has 1 aromatic rings. The SMILES string of the molecule is CC(C)(C)OC(=O)N1CCc2c(N/N=C(\C#N)C(=N)N)cccc21. The number of nitrogens with two attached hydrogens (primary N) is 1. The summed E-state index contributed by atoms with van der Waals surface area (Å²) in [5.41, 5.74) is 9.55. The van der Waals surface area contributed by atoms with Crippen molar-refractivity contribution in [1.29, 1.82) is 10.7 Å². The van der Waals surface area contributed by atoms with Gasteiger partial charge in [0.05, 0.1) is 11.4 Å². The predicted octanol–water partition coefficient (Wildman–Crippen LogP) is 2.21. The van der Waals surface area contributed by atoms with E-state index in [1.54, 1.807) is 23.1 Å². The number of nitrogens with one attached hydrogen (secondary N) is 2. The van der Waals surface area contributed by atoms with E-state index in [0.717, 1.165) is 11.3 Å². The van der Waals surface area contributed by atoms with Crippen LogP contribution in [-0.4, -0.2) is 29.8 Å². The van der Waals surface area contributed by atoms with Gasteiger partial charge in [0.25, 0.3) is 0 Å². The van der Waals surface area contributed by atoms with Gasteiger partial charge in [-0.15, -0.1) is 0 Å². The molecular formula is C16H20N6O2. The van der Waals surface area contributed by atoms with E-state index in [-0.39, 0.29) is 5.71 Å². The Balaban J connectivity index is 2.25. The molecule has 24 heavy (non-hydrogen) atoms. The van der Waals surface area contributed by atoms with E-state index in [2.05, 4.69) is 10.5 Å². The molecule has 0 fully saturated rings. The van der Waals surface area contributed by atoms with Crippen molar-refractivity contribution >= 4 is 29.0 Å². The van der Waals surface area contributed by atoms with Crippen molar-refractivity contribution in [2.75, 3.05) is 16.9 Å². The number of anilines is 2. The third-order valence-electron chi connectivity index (χ3n) is 3.29. The minimum atomic E-state index is -0.566. The molecule has 0 spiro atoms. The van der Waals surface area contributed by atoms with E-state index in [1.165, 1.54) is 0 Å². The van der Waals surface area contributed by atoms with Crippen LogP contribution in [0, 0.1) is 16.7 Å². The molecular weight excluding hydrogens is 308 g/mol. The molecule has 8 heteroatoms. The largest absolute Gasteiger partial charge is 0.443 e. The predicted molar refractivity (Wildman–Crippen MR) is 92.3 cm³/mol. The second-order valence-corrected chi connectivity index (χ2v) is 6.28. The van der Waals surface area contributed by atoms with Crippen LogP contribution in [0.2, 0.25) is 0 Å². The molecule has 0 saturated carbocycles. The summed E-state index contributed by atoms with van der Waals surface area (Å²) in [6.07, 6.45) is 0.234. The highest BCUT2D eigenvalue weighted by Gasteiger charge is 2.30. The van der Waals surface area contributed by atoms with Crippen LogP contribution in [0.4, 0.5) is 16.2 Å². The standard InChI is InChI=1S/C16H20N6O2/c1-16(2,3)24-15(23)22-8-7-10-11(5-4-6-13(10)22)20-21-12(9-17)14(18)19/h4-6,20H,7-8H2,1-3H3,(H3,18,19)/b21-12+. The lowest BCUT2D eigenvalue weighted by molar-refractivity contribution is 0.0584. The number of ether oxygens (including phenoxy) is 1. The quantitative estimate of drug-likeness (QED) is 0.445. The van der Waals surface area contributed by atoms with E-state index < -0.39 is 17.5 Å². The topological polar surface area (TPSA) is 128 Å². The summed E-state index contributed by atoms with van der Waals surface area (Å²) in [7, 11) is 0. The van der Waals surface area contributed by atoms with Crippen LogP contribution in [0.15, 0.2) is 23.3 Å². The number of fused-ring (bicyclic) bond motifs is 1. The lowest BCUT2D eigenvalue weighted by Crippen LogP contribution is -2.35. The summed E-state index contributed by atoms with van der Waals surface area (Å²) in [6.45, 7) is 5.96. The molecule has 1 aromatic carbocycles. The molecule has 2 rings (SSSR count). The fraction of sp³-hybridized carbons (Fsp3) is 0.375. The average Bonchev–Trinajstić information content (AvgIpc) is 2.90. The van der Waals surface area contributed by atoms with Crippen LogP contribution in [-0.2, 0) is 11.2 Å². The van der Waals surface area contributed by atoms with Gasteiger partial charge in [0.2, 0.25) is 5.71 Å². The third kappa shape index (κ3) is 3.81. The number of hydrogen-bond donors (Lipinski definition) is 3. The minimum Gasteiger partial charge on any atom is -0.443 e. The van der Waals surface area contributed by atoms with Crippen molar-refractivity contribution in [3.05, 3.63) is 23.8 Å². The summed E-state index contributed by atoms with van der Waals surface area (Å²) >= 11 is 0. The number of amidine groups is 1. The van der Waals surface area contributed by atoms with Gasteiger partial charge in [-0.3, -0.25) is 15.7 Å². The first kappa shape index (κ1) is 17.3. The lowest BCUT2D eigenvalue weighted by Gasteiger charge is -2.24. The zero-order chi connectivity index (χ0) is 17.9. The van der Waals surface area contributed by atoms with Crippen LogP contribution in [0.5, 0.6) is 0 Å².